The maximum absolute atomic E-state index is 11.6. The summed E-state index contributed by atoms with van der Waals surface area (Å²) < 4.78 is 0. The molecular formula is C11H20N2O. The number of rotatable bonds is 0. The van der Waals surface area contributed by atoms with Gasteiger partial charge in [-0.05, 0) is 31.6 Å². The molecule has 0 spiro atoms. The lowest BCUT2D eigenvalue weighted by molar-refractivity contribution is 0.0852. The van der Waals surface area contributed by atoms with Gasteiger partial charge in [0.05, 0.1) is 0 Å². The summed E-state index contributed by atoms with van der Waals surface area (Å²) in [4.78, 5) is 13.7. The van der Waals surface area contributed by atoms with Crippen LogP contribution in [-0.2, 0) is 0 Å². The standard InChI is InChI=1S/C11H20N2O/c1-12-11(14)13-8-4-6-9-5-2-3-7-10(9)13/h9-10H,2-8H2,1H3,(H,12,14)/t9-,10-/m1/s1. The predicted molar refractivity (Wildman–Crippen MR) is 56.1 cm³/mol. The number of carbonyl (C=O) groups is 1. The molecule has 0 bridgehead atoms. The van der Waals surface area contributed by atoms with Crippen LogP contribution < -0.4 is 5.32 Å². The second-order valence-corrected chi connectivity index (χ2v) is 4.50. The Kier molecular flexibility index (Phi) is 2.94. The largest absolute Gasteiger partial charge is 0.341 e. The van der Waals surface area contributed by atoms with Crippen LogP contribution in [-0.4, -0.2) is 30.6 Å². The van der Waals surface area contributed by atoms with Gasteiger partial charge in [-0.15, -0.1) is 0 Å². The third-order valence-electron chi connectivity index (χ3n) is 3.72. The van der Waals surface area contributed by atoms with Crippen LogP contribution in [0.15, 0.2) is 0 Å². The molecule has 0 unspecified atom stereocenters. The molecule has 3 heteroatoms. The van der Waals surface area contributed by atoms with Crippen molar-refractivity contribution in [1.82, 2.24) is 10.2 Å². The van der Waals surface area contributed by atoms with Crippen LogP contribution in [0.25, 0.3) is 0 Å². The molecule has 0 aromatic rings. The number of likely N-dealkylation sites (tertiary alicyclic amines) is 1. The fourth-order valence-electron chi connectivity index (χ4n) is 3.02. The van der Waals surface area contributed by atoms with Gasteiger partial charge in [0.1, 0.15) is 0 Å². The summed E-state index contributed by atoms with van der Waals surface area (Å²) >= 11 is 0. The molecule has 1 saturated carbocycles. The van der Waals surface area contributed by atoms with E-state index in [1.807, 2.05) is 0 Å². The summed E-state index contributed by atoms with van der Waals surface area (Å²) in [6, 6.07) is 0.666. The van der Waals surface area contributed by atoms with E-state index in [2.05, 4.69) is 10.2 Å². The lowest BCUT2D eigenvalue weighted by Gasteiger charge is -2.43. The molecular weight excluding hydrogens is 176 g/mol. The number of piperidine rings is 1. The topological polar surface area (TPSA) is 32.3 Å². The van der Waals surface area contributed by atoms with E-state index in [-0.39, 0.29) is 6.03 Å². The molecule has 1 aliphatic heterocycles. The number of urea groups is 1. The Balaban J connectivity index is 2.04. The van der Waals surface area contributed by atoms with E-state index in [1.54, 1.807) is 7.05 Å². The van der Waals surface area contributed by atoms with Gasteiger partial charge in [-0.25, -0.2) is 4.79 Å². The number of nitrogens with zero attached hydrogens (tertiary/aromatic N) is 1. The zero-order valence-corrected chi connectivity index (χ0v) is 8.96. The number of hydrogen-bond donors (Lipinski definition) is 1. The molecule has 2 amide bonds. The monoisotopic (exact) mass is 196 g/mol. The van der Waals surface area contributed by atoms with Gasteiger partial charge in [0.15, 0.2) is 0 Å². The van der Waals surface area contributed by atoms with Crippen LogP contribution >= 0.6 is 0 Å². The minimum absolute atomic E-state index is 0.126. The van der Waals surface area contributed by atoms with Crippen LogP contribution in [0, 0.1) is 5.92 Å². The van der Waals surface area contributed by atoms with Crippen LogP contribution in [0.1, 0.15) is 38.5 Å². The average molecular weight is 196 g/mol. The van der Waals surface area contributed by atoms with Gasteiger partial charge in [-0.1, -0.05) is 12.8 Å². The first kappa shape index (κ1) is 9.81. The van der Waals surface area contributed by atoms with Gasteiger partial charge in [0, 0.05) is 19.6 Å². The van der Waals surface area contributed by atoms with E-state index >= 15 is 0 Å². The van der Waals surface area contributed by atoms with Gasteiger partial charge in [-0.3, -0.25) is 0 Å². The number of hydrogen-bond acceptors (Lipinski definition) is 1. The smallest absolute Gasteiger partial charge is 0.317 e. The summed E-state index contributed by atoms with van der Waals surface area (Å²) in [7, 11) is 1.73. The zero-order valence-electron chi connectivity index (χ0n) is 8.96. The average Bonchev–Trinajstić information content (AvgIpc) is 2.27. The highest BCUT2D eigenvalue weighted by atomic mass is 16.2. The third-order valence-corrected chi connectivity index (χ3v) is 3.72. The lowest BCUT2D eigenvalue weighted by Crippen LogP contribution is -2.52. The Bertz CT molecular complexity index is 215. The van der Waals surface area contributed by atoms with Crippen LogP contribution in [0.2, 0.25) is 0 Å². The highest BCUT2D eigenvalue weighted by molar-refractivity contribution is 5.74. The van der Waals surface area contributed by atoms with Crippen molar-refractivity contribution in [3.63, 3.8) is 0 Å². The summed E-state index contributed by atoms with van der Waals surface area (Å²) in [5, 5.41) is 2.75. The number of nitrogens with one attached hydrogen (secondary N) is 1. The van der Waals surface area contributed by atoms with Gasteiger partial charge in [0.2, 0.25) is 0 Å². The van der Waals surface area contributed by atoms with Crippen molar-refractivity contribution < 1.29 is 4.79 Å². The molecule has 0 aromatic heterocycles. The van der Waals surface area contributed by atoms with Crippen molar-refractivity contribution in [3.8, 4) is 0 Å². The molecule has 2 fully saturated rings. The maximum atomic E-state index is 11.6. The molecule has 2 atom stereocenters. The number of fused-ring (bicyclic) bond motifs is 1. The summed E-state index contributed by atoms with van der Waals surface area (Å²) in [5.74, 6) is 0.787. The molecule has 1 N–H and O–H groups in total. The fraction of sp³-hybridized carbons (Fsp3) is 0.909. The Morgan fingerprint density at radius 1 is 1.21 bits per heavy atom. The molecule has 14 heavy (non-hydrogen) atoms. The van der Waals surface area contributed by atoms with E-state index < -0.39 is 0 Å². The highest BCUT2D eigenvalue weighted by Gasteiger charge is 2.35. The molecule has 0 radical (unpaired) electrons. The first-order valence-electron chi connectivity index (χ1n) is 5.81. The van der Waals surface area contributed by atoms with E-state index in [0.29, 0.717) is 6.04 Å². The Hall–Kier alpha value is -0.730. The summed E-state index contributed by atoms with van der Waals surface area (Å²) in [6.07, 6.45) is 7.74. The highest BCUT2D eigenvalue weighted by Crippen LogP contribution is 2.35. The summed E-state index contributed by atoms with van der Waals surface area (Å²) in [6.45, 7) is 0.959. The molecule has 80 valence electrons. The minimum Gasteiger partial charge on any atom is -0.341 e. The Labute approximate surface area is 85.8 Å². The molecule has 1 heterocycles. The first-order chi connectivity index (χ1) is 6.83. The molecule has 2 aliphatic rings. The van der Waals surface area contributed by atoms with Crippen molar-refractivity contribution in [1.29, 1.82) is 0 Å². The zero-order chi connectivity index (χ0) is 9.97. The van der Waals surface area contributed by atoms with E-state index in [9.17, 15) is 4.79 Å². The molecule has 0 aromatic carbocycles. The molecule has 1 saturated heterocycles. The lowest BCUT2D eigenvalue weighted by atomic mass is 9.78. The Morgan fingerprint density at radius 3 is 2.71 bits per heavy atom. The van der Waals surface area contributed by atoms with Gasteiger partial charge in [0.25, 0.3) is 0 Å². The van der Waals surface area contributed by atoms with E-state index in [4.69, 9.17) is 0 Å². The first-order valence-corrected chi connectivity index (χ1v) is 5.81. The second-order valence-electron chi connectivity index (χ2n) is 4.50. The normalized spacial score (nSPS) is 32.2. The number of carbonyl (C=O) groups excluding carboxylic acids is 1. The maximum Gasteiger partial charge on any atom is 0.317 e. The minimum atomic E-state index is 0.126. The van der Waals surface area contributed by atoms with E-state index in [0.717, 1.165) is 12.5 Å². The summed E-state index contributed by atoms with van der Waals surface area (Å²) in [5.41, 5.74) is 0. The molecule has 1 aliphatic carbocycles. The van der Waals surface area contributed by atoms with E-state index in [1.165, 1.54) is 38.5 Å². The van der Waals surface area contributed by atoms with Crippen molar-refractivity contribution in [2.75, 3.05) is 13.6 Å². The number of amides is 2. The quantitative estimate of drug-likeness (QED) is 0.631. The van der Waals surface area contributed by atoms with Gasteiger partial charge >= 0.3 is 6.03 Å². The predicted octanol–water partition coefficient (Wildman–Crippen LogP) is 1.98. The van der Waals surface area contributed by atoms with Crippen LogP contribution in [0.4, 0.5) is 4.79 Å². The van der Waals surface area contributed by atoms with Gasteiger partial charge in [-0.2, -0.15) is 0 Å². The molecule has 2 rings (SSSR count). The van der Waals surface area contributed by atoms with Crippen LogP contribution in [0.3, 0.4) is 0 Å². The fourth-order valence-corrected chi connectivity index (χ4v) is 3.02. The van der Waals surface area contributed by atoms with Crippen molar-refractivity contribution >= 4 is 6.03 Å². The van der Waals surface area contributed by atoms with Crippen LogP contribution in [0.5, 0.6) is 0 Å². The molecule has 3 nitrogen and oxygen atoms in total. The SMILES string of the molecule is CNC(=O)N1CCC[C@H]2CCCC[C@H]21. The van der Waals surface area contributed by atoms with Crippen molar-refractivity contribution in [3.05, 3.63) is 0 Å². The van der Waals surface area contributed by atoms with Crippen molar-refractivity contribution in [2.24, 2.45) is 5.92 Å². The van der Waals surface area contributed by atoms with Crippen molar-refractivity contribution in [2.45, 2.75) is 44.6 Å². The second kappa shape index (κ2) is 4.20. The third kappa shape index (κ3) is 1.72. The van der Waals surface area contributed by atoms with Gasteiger partial charge < -0.3 is 10.2 Å². The Morgan fingerprint density at radius 2 is 1.93 bits per heavy atom.